The van der Waals surface area contributed by atoms with Gasteiger partial charge >= 0.3 is 18.4 Å². The first-order valence-corrected chi connectivity index (χ1v) is 12.0. The number of alkyl halides is 6. The van der Waals surface area contributed by atoms with Crippen molar-refractivity contribution in [3.63, 3.8) is 0 Å². The van der Waals surface area contributed by atoms with Crippen molar-refractivity contribution >= 4 is 11.9 Å². The van der Waals surface area contributed by atoms with Crippen molar-refractivity contribution in [1.82, 2.24) is 10.2 Å². The van der Waals surface area contributed by atoms with Crippen molar-refractivity contribution in [3.05, 3.63) is 28.3 Å². The summed E-state index contributed by atoms with van der Waals surface area (Å²) < 4.78 is 93.8. The summed E-state index contributed by atoms with van der Waals surface area (Å²) >= 11 is 0. The van der Waals surface area contributed by atoms with Crippen LogP contribution in [0.3, 0.4) is 0 Å². The quantitative estimate of drug-likeness (QED) is 0.248. The Bertz CT molecular complexity index is 978. The van der Waals surface area contributed by atoms with Gasteiger partial charge in [0.15, 0.2) is 0 Å². The van der Waals surface area contributed by atoms with Crippen molar-refractivity contribution in [3.8, 4) is 5.75 Å². The minimum absolute atomic E-state index is 0.121. The Kier molecular flexibility index (Phi) is 8.17. The topological polar surface area (TPSA) is 67.9 Å². The Hall–Kier alpha value is -2.50. The van der Waals surface area contributed by atoms with E-state index in [0.717, 1.165) is 11.0 Å². The highest BCUT2D eigenvalue weighted by molar-refractivity contribution is 6.03. The van der Waals surface area contributed by atoms with Gasteiger partial charge in [-0.15, -0.1) is 0 Å². The van der Waals surface area contributed by atoms with Gasteiger partial charge in [-0.05, 0) is 49.8 Å². The summed E-state index contributed by atoms with van der Waals surface area (Å²) in [4.78, 5) is 24.9. The molecule has 1 unspecified atom stereocenters. The average molecular weight is 525 g/mol. The van der Waals surface area contributed by atoms with Crippen LogP contribution in [0.15, 0.2) is 6.07 Å². The first kappa shape index (κ1) is 28.1. The third kappa shape index (κ3) is 4.88. The van der Waals surface area contributed by atoms with Crippen LogP contribution in [0.5, 0.6) is 5.75 Å². The second-order valence-corrected chi connectivity index (χ2v) is 9.05. The van der Waals surface area contributed by atoms with Gasteiger partial charge in [0.1, 0.15) is 11.8 Å². The zero-order valence-corrected chi connectivity index (χ0v) is 20.4. The number of hydrogen-bond donors (Lipinski definition) is 1. The summed E-state index contributed by atoms with van der Waals surface area (Å²) in [6, 6.07) is -0.118. The molecular formula is C24H30F6N2O4. The predicted octanol–water partition coefficient (Wildman–Crippen LogP) is 5.54. The van der Waals surface area contributed by atoms with Crippen molar-refractivity contribution < 1.29 is 45.4 Å². The minimum atomic E-state index is -5.69. The molecule has 1 N–H and O–H groups in total. The fraction of sp³-hybridized carbons (Fsp3) is 0.667. The van der Waals surface area contributed by atoms with Gasteiger partial charge in [-0.2, -0.15) is 26.3 Å². The van der Waals surface area contributed by atoms with Crippen LogP contribution >= 0.6 is 0 Å². The number of hydrogen-bond acceptors (Lipinski definition) is 4. The van der Waals surface area contributed by atoms with Gasteiger partial charge in [-0.1, -0.05) is 26.7 Å². The van der Waals surface area contributed by atoms with Crippen LogP contribution in [0, 0.1) is 0 Å². The normalized spacial score (nSPS) is 19.6. The molecule has 0 saturated carbocycles. The van der Waals surface area contributed by atoms with Crippen LogP contribution < -0.4 is 10.1 Å². The first-order valence-electron chi connectivity index (χ1n) is 12.0. The highest BCUT2D eigenvalue weighted by Crippen LogP contribution is 2.58. The third-order valence-electron chi connectivity index (χ3n) is 6.45. The van der Waals surface area contributed by atoms with Gasteiger partial charge in [0.25, 0.3) is 11.5 Å². The van der Waals surface area contributed by atoms with E-state index in [1.165, 1.54) is 0 Å². The first-order chi connectivity index (χ1) is 16.8. The number of rotatable bonds is 10. The second kappa shape index (κ2) is 10.5. The Balaban J connectivity index is 1.88. The largest absolute Gasteiger partial charge is 0.493 e. The number of halogens is 6. The number of ether oxygens (including phenoxy) is 2. The Morgan fingerprint density at radius 3 is 2.25 bits per heavy atom. The number of carbonyl (C=O) groups is 2. The van der Waals surface area contributed by atoms with E-state index in [-0.39, 0.29) is 43.0 Å². The van der Waals surface area contributed by atoms with Crippen molar-refractivity contribution in [1.29, 1.82) is 0 Å². The molecule has 3 rings (SSSR count). The Labute approximate surface area is 205 Å². The fourth-order valence-electron chi connectivity index (χ4n) is 4.75. The van der Waals surface area contributed by atoms with E-state index >= 15 is 0 Å². The van der Waals surface area contributed by atoms with Crippen molar-refractivity contribution in [2.24, 2.45) is 0 Å². The summed E-state index contributed by atoms with van der Waals surface area (Å²) in [5.74, 6) is -0.0300. The average Bonchev–Trinajstić information content (AvgIpc) is 3.28. The molecule has 12 heteroatoms. The number of carbonyl (C=O) groups excluding carboxylic acids is 2. The zero-order valence-electron chi connectivity index (χ0n) is 20.4. The van der Waals surface area contributed by atoms with E-state index in [2.05, 4.69) is 10.1 Å². The van der Waals surface area contributed by atoms with E-state index in [1.807, 2.05) is 0 Å². The Morgan fingerprint density at radius 2 is 1.72 bits per heavy atom. The number of benzene rings is 1. The van der Waals surface area contributed by atoms with Crippen LogP contribution in [0.25, 0.3) is 0 Å². The maximum absolute atomic E-state index is 13.9. The van der Waals surface area contributed by atoms with Crippen LogP contribution in [0.1, 0.15) is 68.7 Å². The molecule has 2 heterocycles. The van der Waals surface area contributed by atoms with Crippen molar-refractivity contribution in [2.45, 2.75) is 89.9 Å². The summed E-state index contributed by atoms with van der Waals surface area (Å²) in [6.45, 7) is 4.61. The molecule has 0 aliphatic carbocycles. The summed E-state index contributed by atoms with van der Waals surface area (Å²) in [7, 11) is 0. The molecule has 36 heavy (non-hydrogen) atoms. The number of urea groups is 1. The van der Waals surface area contributed by atoms with Crippen molar-refractivity contribution in [2.75, 3.05) is 13.2 Å². The molecule has 0 spiro atoms. The zero-order chi connectivity index (χ0) is 26.9. The molecule has 6 nitrogen and oxygen atoms in total. The van der Waals surface area contributed by atoms with Gasteiger partial charge in [0.2, 0.25) is 0 Å². The molecule has 1 aromatic carbocycles. The maximum atomic E-state index is 13.9. The van der Waals surface area contributed by atoms with Gasteiger partial charge in [-0.3, -0.25) is 9.69 Å². The molecule has 1 atom stereocenters. The Morgan fingerprint density at radius 1 is 1.08 bits per heavy atom. The monoisotopic (exact) mass is 524 g/mol. The predicted molar refractivity (Wildman–Crippen MR) is 117 cm³/mol. The lowest BCUT2D eigenvalue weighted by atomic mass is 9.84. The van der Waals surface area contributed by atoms with Gasteiger partial charge in [0.05, 0.1) is 13.2 Å². The van der Waals surface area contributed by atoms with Crippen LogP contribution in [-0.4, -0.2) is 48.4 Å². The number of aryl methyl sites for hydroxylation is 1. The standard InChI is InChI=1S/C24H30F6N2O4/c1-4-8-15-12-18-17(13-36-22(18,23(25,26)27)24(28,29)30)16(9-5-2)19(15)35-11-7-6-10-32-20(33)14(3)31-21(32)34/h12,14H,4-11,13H2,1-3H3,(H,31,34). The highest BCUT2D eigenvalue weighted by atomic mass is 19.4. The number of imide groups is 1. The molecule has 1 fully saturated rings. The molecule has 0 bridgehead atoms. The molecule has 2 aliphatic heterocycles. The van der Waals surface area contributed by atoms with Gasteiger partial charge in [0, 0.05) is 17.7 Å². The van der Waals surface area contributed by atoms with E-state index < -0.39 is 42.2 Å². The molecule has 1 saturated heterocycles. The number of fused-ring (bicyclic) bond motifs is 1. The smallest absolute Gasteiger partial charge is 0.430 e. The minimum Gasteiger partial charge on any atom is -0.493 e. The lowest BCUT2D eigenvalue weighted by molar-refractivity contribution is -0.385. The third-order valence-corrected chi connectivity index (χ3v) is 6.45. The molecule has 3 amide bonds. The SMILES string of the molecule is CCCc1cc2c(c(CCC)c1OCCCCN1C(=O)NC(C)C1=O)COC2(C(F)(F)F)C(F)(F)F. The molecule has 2 aliphatic rings. The lowest BCUT2D eigenvalue weighted by Gasteiger charge is -2.34. The number of nitrogens with zero attached hydrogens (tertiary/aromatic N) is 1. The van der Waals surface area contributed by atoms with Gasteiger partial charge in [-0.25, -0.2) is 4.79 Å². The van der Waals surface area contributed by atoms with E-state index in [0.29, 0.717) is 37.0 Å². The molecule has 202 valence electrons. The number of nitrogens with one attached hydrogen (secondary N) is 1. The summed E-state index contributed by atoms with van der Waals surface area (Å²) in [6.07, 6.45) is -9.12. The number of amides is 3. The number of unbranched alkanes of at least 4 members (excludes halogenated alkanes) is 1. The van der Waals surface area contributed by atoms with Crippen LogP contribution in [0.4, 0.5) is 31.1 Å². The highest BCUT2D eigenvalue weighted by Gasteiger charge is 2.75. The lowest BCUT2D eigenvalue weighted by Crippen LogP contribution is -2.53. The van der Waals surface area contributed by atoms with E-state index in [1.54, 1.807) is 20.8 Å². The second-order valence-electron chi connectivity index (χ2n) is 9.05. The van der Waals surface area contributed by atoms with Crippen LogP contribution in [-0.2, 0) is 34.6 Å². The molecule has 1 aromatic rings. The summed E-state index contributed by atoms with van der Waals surface area (Å²) in [5.41, 5.74) is -4.84. The molecular weight excluding hydrogens is 494 g/mol. The van der Waals surface area contributed by atoms with E-state index in [4.69, 9.17) is 4.74 Å². The fourth-order valence-corrected chi connectivity index (χ4v) is 4.75. The summed E-state index contributed by atoms with van der Waals surface area (Å²) in [5, 5.41) is 2.51. The van der Waals surface area contributed by atoms with Crippen LogP contribution in [0.2, 0.25) is 0 Å². The van der Waals surface area contributed by atoms with E-state index in [9.17, 15) is 35.9 Å². The molecule has 0 radical (unpaired) electrons. The van der Waals surface area contributed by atoms with Gasteiger partial charge < -0.3 is 14.8 Å². The maximum Gasteiger partial charge on any atom is 0.430 e. The molecule has 0 aromatic heterocycles.